The Morgan fingerprint density at radius 1 is 0.919 bits per heavy atom. The van der Waals surface area contributed by atoms with Crippen molar-refractivity contribution in [1.29, 1.82) is 0 Å². The number of ether oxygens (including phenoxy) is 2. The number of halogens is 1. The van der Waals surface area contributed by atoms with Crippen molar-refractivity contribution in [3.05, 3.63) is 93.5 Å². The quantitative estimate of drug-likeness (QED) is 0.292. The topological polar surface area (TPSA) is 84.9 Å². The summed E-state index contributed by atoms with van der Waals surface area (Å²) in [4.78, 5) is 39.5. The van der Waals surface area contributed by atoms with E-state index < -0.39 is 17.8 Å². The average molecular weight is 519 g/mol. The minimum Gasteiger partial charge on any atom is -0.494 e. The number of anilines is 1. The second-order valence-corrected chi connectivity index (χ2v) is 9.13. The number of hydrogen-bond acceptors (Lipinski definition) is 5. The molecule has 0 radical (unpaired) electrons. The Bertz CT molecular complexity index is 1380. The minimum atomic E-state index is -0.827. The van der Waals surface area contributed by atoms with Gasteiger partial charge in [0.05, 0.1) is 12.3 Å². The minimum absolute atomic E-state index is 0.218. The SMILES string of the molecule is CCCOc1ccc(N2C(=O)NC(=O)/C(=C/c3cc(Cl)ccc3OCc3ccc(C)c(C)c3)C2=O)cc1. The van der Waals surface area contributed by atoms with Crippen LogP contribution in [-0.4, -0.2) is 24.5 Å². The lowest BCUT2D eigenvalue weighted by Gasteiger charge is -2.26. The monoisotopic (exact) mass is 518 g/mol. The molecule has 4 amide bonds. The smallest absolute Gasteiger partial charge is 0.335 e. The molecule has 190 valence electrons. The molecule has 0 bridgehead atoms. The van der Waals surface area contributed by atoms with Gasteiger partial charge in [-0.05, 0) is 85.5 Å². The van der Waals surface area contributed by atoms with Crippen LogP contribution in [0.3, 0.4) is 0 Å². The summed E-state index contributed by atoms with van der Waals surface area (Å²) in [5.41, 5.74) is 3.84. The highest BCUT2D eigenvalue weighted by Gasteiger charge is 2.37. The van der Waals surface area contributed by atoms with Crippen molar-refractivity contribution in [1.82, 2.24) is 5.32 Å². The number of rotatable bonds is 8. The van der Waals surface area contributed by atoms with E-state index in [2.05, 4.69) is 5.32 Å². The van der Waals surface area contributed by atoms with Crippen LogP contribution in [0.5, 0.6) is 11.5 Å². The first-order valence-electron chi connectivity index (χ1n) is 11.9. The van der Waals surface area contributed by atoms with Crippen molar-refractivity contribution in [3.63, 3.8) is 0 Å². The standard InChI is InChI=1S/C29H27ClN2O5/c1-4-13-36-24-10-8-23(9-11-24)32-28(34)25(27(33)31-29(32)35)16-21-15-22(30)7-12-26(21)37-17-20-6-5-18(2)19(3)14-20/h5-12,14-16H,4,13,17H2,1-3H3,(H,31,33,35)/b25-16-. The predicted octanol–water partition coefficient (Wildman–Crippen LogP) is 5.99. The van der Waals surface area contributed by atoms with Crippen LogP contribution < -0.4 is 19.7 Å². The van der Waals surface area contributed by atoms with Crippen LogP contribution >= 0.6 is 11.6 Å². The maximum Gasteiger partial charge on any atom is 0.335 e. The zero-order valence-electron chi connectivity index (χ0n) is 20.8. The zero-order valence-corrected chi connectivity index (χ0v) is 21.6. The Balaban J connectivity index is 1.62. The molecule has 1 fully saturated rings. The summed E-state index contributed by atoms with van der Waals surface area (Å²) in [7, 11) is 0. The number of imide groups is 2. The Hall–Kier alpha value is -4.10. The van der Waals surface area contributed by atoms with Crippen LogP contribution in [0.1, 0.15) is 35.6 Å². The molecule has 3 aromatic rings. The van der Waals surface area contributed by atoms with E-state index in [9.17, 15) is 14.4 Å². The summed E-state index contributed by atoms with van der Waals surface area (Å²) in [6.45, 7) is 6.91. The molecule has 0 aromatic heterocycles. The number of barbiturate groups is 1. The molecule has 1 aliphatic rings. The Morgan fingerprint density at radius 3 is 2.38 bits per heavy atom. The molecule has 0 unspecified atom stereocenters. The molecule has 1 heterocycles. The summed E-state index contributed by atoms with van der Waals surface area (Å²) < 4.78 is 11.6. The third kappa shape index (κ3) is 6.01. The van der Waals surface area contributed by atoms with Crippen LogP contribution in [0.2, 0.25) is 5.02 Å². The van der Waals surface area contributed by atoms with E-state index in [1.54, 1.807) is 42.5 Å². The van der Waals surface area contributed by atoms with Gasteiger partial charge in [-0.3, -0.25) is 14.9 Å². The fourth-order valence-electron chi connectivity index (χ4n) is 3.78. The van der Waals surface area contributed by atoms with E-state index in [4.69, 9.17) is 21.1 Å². The number of benzene rings is 3. The van der Waals surface area contributed by atoms with Crippen LogP contribution in [-0.2, 0) is 16.2 Å². The molecule has 4 rings (SSSR count). The van der Waals surface area contributed by atoms with Gasteiger partial charge in [0, 0.05) is 10.6 Å². The highest BCUT2D eigenvalue weighted by atomic mass is 35.5. The fourth-order valence-corrected chi connectivity index (χ4v) is 3.96. The van der Waals surface area contributed by atoms with Crippen LogP contribution in [0.25, 0.3) is 6.08 Å². The number of amides is 4. The highest BCUT2D eigenvalue weighted by molar-refractivity contribution is 6.39. The molecule has 0 atom stereocenters. The Labute approximate surface area is 220 Å². The van der Waals surface area contributed by atoms with Crippen molar-refractivity contribution < 1.29 is 23.9 Å². The van der Waals surface area contributed by atoms with Gasteiger partial charge in [-0.25, -0.2) is 9.69 Å². The maximum atomic E-state index is 13.3. The molecular weight excluding hydrogens is 492 g/mol. The van der Waals surface area contributed by atoms with Gasteiger partial charge >= 0.3 is 6.03 Å². The van der Waals surface area contributed by atoms with Gasteiger partial charge in [-0.2, -0.15) is 0 Å². The molecule has 0 aliphatic carbocycles. The first-order valence-corrected chi connectivity index (χ1v) is 12.3. The molecule has 0 spiro atoms. The number of nitrogens with one attached hydrogen (secondary N) is 1. The molecular formula is C29H27ClN2O5. The first-order chi connectivity index (χ1) is 17.8. The molecule has 3 aromatic carbocycles. The normalized spacial score (nSPS) is 14.6. The van der Waals surface area contributed by atoms with Gasteiger partial charge < -0.3 is 9.47 Å². The predicted molar refractivity (Wildman–Crippen MR) is 143 cm³/mol. The van der Waals surface area contributed by atoms with Crippen LogP contribution in [0.15, 0.2) is 66.2 Å². The van der Waals surface area contributed by atoms with E-state index in [0.29, 0.717) is 34.4 Å². The molecule has 1 N–H and O–H groups in total. The first kappa shape index (κ1) is 26.0. The number of carbonyl (C=O) groups is 3. The van der Waals surface area contributed by atoms with Crippen molar-refractivity contribution >= 4 is 41.2 Å². The van der Waals surface area contributed by atoms with Gasteiger partial charge in [0.15, 0.2) is 0 Å². The molecule has 37 heavy (non-hydrogen) atoms. The van der Waals surface area contributed by atoms with Gasteiger partial charge in [0.25, 0.3) is 11.8 Å². The third-order valence-corrected chi connectivity index (χ3v) is 6.14. The fraction of sp³-hybridized carbons (Fsp3) is 0.207. The molecule has 1 aliphatic heterocycles. The summed E-state index contributed by atoms with van der Waals surface area (Å²) in [5, 5.41) is 2.64. The summed E-state index contributed by atoms with van der Waals surface area (Å²) in [6, 6.07) is 16.7. The summed E-state index contributed by atoms with van der Waals surface area (Å²) in [5.74, 6) is -0.492. The molecule has 7 nitrogen and oxygen atoms in total. The lowest BCUT2D eigenvalue weighted by Crippen LogP contribution is -2.54. The lowest BCUT2D eigenvalue weighted by molar-refractivity contribution is -0.122. The summed E-state index contributed by atoms with van der Waals surface area (Å²) >= 11 is 6.21. The zero-order chi connectivity index (χ0) is 26.5. The largest absolute Gasteiger partial charge is 0.494 e. The summed E-state index contributed by atoms with van der Waals surface area (Å²) in [6.07, 6.45) is 2.24. The molecule has 0 saturated carbocycles. The molecule has 1 saturated heterocycles. The van der Waals surface area contributed by atoms with Gasteiger partial charge in [0.1, 0.15) is 23.7 Å². The van der Waals surface area contributed by atoms with E-state index >= 15 is 0 Å². The van der Waals surface area contributed by atoms with Crippen LogP contribution in [0.4, 0.5) is 10.5 Å². The van der Waals surface area contributed by atoms with Crippen molar-refractivity contribution in [2.24, 2.45) is 0 Å². The van der Waals surface area contributed by atoms with E-state index in [1.165, 1.54) is 11.6 Å². The number of aryl methyl sites for hydroxylation is 2. The number of hydrogen-bond donors (Lipinski definition) is 1. The number of nitrogens with zero attached hydrogens (tertiary/aromatic N) is 1. The Kier molecular flexibility index (Phi) is 7.94. The van der Waals surface area contributed by atoms with Crippen molar-refractivity contribution in [2.45, 2.75) is 33.8 Å². The number of urea groups is 1. The second kappa shape index (κ2) is 11.3. The third-order valence-electron chi connectivity index (χ3n) is 5.91. The average Bonchev–Trinajstić information content (AvgIpc) is 2.87. The van der Waals surface area contributed by atoms with Gasteiger partial charge in [-0.15, -0.1) is 0 Å². The van der Waals surface area contributed by atoms with Gasteiger partial charge in [0.2, 0.25) is 0 Å². The lowest BCUT2D eigenvalue weighted by atomic mass is 10.1. The van der Waals surface area contributed by atoms with Gasteiger partial charge in [-0.1, -0.05) is 36.7 Å². The molecule has 8 heteroatoms. The van der Waals surface area contributed by atoms with Crippen LogP contribution in [0, 0.1) is 13.8 Å². The van der Waals surface area contributed by atoms with Crippen molar-refractivity contribution in [2.75, 3.05) is 11.5 Å². The maximum absolute atomic E-state index is 13.3. The Morgan fingerprint density at radius 2 is 1.68 bits per heavy atom. The van der Waals surface area contributed by atoms with E-state index in [-0.39, 0.29) is 12.2 Å². The highest BCUT2D eigenvalue weighted by Crippen LogP contribution is 2.29. The van der Waals surface area contributed by atoms with Crippen molar-refractivity contribution in [3.8, 4) is 11.5 Å². The van der Waals surface area contributed by atoms with E-state index in [0.717, 1.165) is 22.4 Å². The number of carbonyl (C=O) groups excluding carboxylic acids is 3. The second-order valence-electron chi connectivity index (χ2n) is 8.69. The van der Waals surface area contributed by atoms with E-state index in [1.807, 2.05) is 39.0 Å².